The minimum absolute atomic E-state index is 0.0186. The van der Waals surface area contributed by atoms with Gasteiger partial charge in [0, 0.05) is 10.5 Å². The van der Waals surface area contributed by atoms with Crippen molar-refractivity contribution in [2.75, 3.05) is 0 Å². The molecule has 1 aliphatic rings. The van der Waals surface area contributed by atoms with Crippen LogP contribution in [0.2, 0.25) is 0 Å². The first kappa shape index (κ1) is 16.2. The standard InChI is InChI=1S/C17H20BrN3O2/c18-12-7-8-15-14(9-12)17(23)21(11-19-15)10-16(22)20-13-5-3-1-2-4-6-13/h7-9,11,13H,1-6,10H2,(H,20,22). The highest BCUT2D eigenvalue weighted by Crippen LogP contribution is 2.17. The highest BCUT2D eigenvalue weighted by Gasteiger charge is 2.15. The van der Waals surface area contributed by atoms with Crippen molar-refractivity contribution in [3.8, 4) is 0 Å². The van der Waals surface area contributed by atoms with Crippen molar-refractivity contribution in [1.82, 2.24) is 14.9 Å². The van der Waals surface area contributed by atoms with Crippen LogP contribution in [0.1, 0.15) is 38.5 Å². The largest absolute Gasteiger partial charge is 0.352 e. The van der Waals surface area contributed by atoms with E-state index in [-0.39, 0.29) is 24.1 Å². The van der Waals surface area contributed by atoms with Gasteiger partial charge in [0.05, 0.1) is 17.2 Å². The maximum Gasteiger partial charge on any atom is 0.261 e. The van der Waals surface area contributed by atoms with E-state index in [1.165, 1.54) is 23.7 Å². The van der Waals surface area contributed by atoms with Crippen molar-refractivity contribution in [2.45, 2.75) is 51.1 Å². The van der Waals surface area contributed by atoms with Crippen LogP contribution in [-0.2, 0) is 11.3 Å². The lowest BCUT2D eigenvalue weighted by atomic mass is 10.1. The number of halogens is 1. The van der Waals surface area contributed by atoms with Crippen LogP contribution in [0.15, 0.2) is 33.8 Å². The number of nitrogens with one attached hydrogen (secondary N) is 1. The highest BCUT2D eigenvalue weighted by molar-refractivity contribution is 9.10. The molecule has 0 bridgehead atoms. The third kappa shape index (κ3) is 3.99. The molecule has 23 heavy (non-hydrogen) atoms. The van der Waals surface area contributed by atoms with Crippen LogP contribution < -0.4 is 10.9 Å². The molecule has 1 aliphatic carbocycles. The zero-order chi connectivity index (χ0) is 16.2. The fourth-order valence-electron chi connectivity index (χ4n) is 3.10. The second kappa shape index (κ2) is 7.25. The van der Waals surface area contributed by atoms with Gasteiger partial charge in [0.1, 0.15) is 6.54 Å². The predicted octanol–water partition coefficient (Wildman–Crippen LogP) is 3.00. The minimum atomic E-state index is -0.188. The Balaban J connectivity index is 1.74. The van der Waals surface area contributed by atoms with E-state index in [2.05, 4.69) is 26.2 Å². The third-order valence-electron chi connectivity index (χ3n) is 4.32. The van der Waals surface area contributed by atoms with E-state index in [4.69, 9.17) is 0 Å². The number of fused-ring (bicyclic) bond motifs is 1. The smallest absolute Gasteiger partial charge is 0.261 e. The molecule has 1 N–H and O–H groups in total. The van der Waals surface area contributed by atoms with Crippen LogP contribution in [0.3, 0.4) is 0 Å². The number of amides is 1. The van der Waals surface area contributed by atoms with E-state index in [1.54, 1.807) is 12.1 Å². The molecule has 3 rings (SSSR count). The van der Waals surface area contributed by atoms with Gasteiger partial charge in [-0.25, -0.2) is 4.98 Å². The first-order valence-electron chi connectivity index (χ1n) is 8.07. The molecule has 122 valence electrons. The summed E-state index contributed by atoms with van der Waals surface area (Å²) in [5.41, 5.74) is 0.450. The number of rotatable bonds is 3. The number of aromatic nitrogens is 2. The third-order valence-corrected chi connectivity index (χ3v) is 4.81. The Bertz CT molecular complexity index is 764. The van der Waals surface area contributed by atoms with E-state index < -0.39 is 0 Å². The average molecular weight is 378 g/mol. The Morgan fingerprint density at radius 3 is 2.74 bits per heavy atom. The molecule has 1 aromatic carbocycles. The molecule has 1 saturated carbocycles. The first-order chi connectivity index (χ1) is 11.1. The van der Waals surface area contributed by atoms with Crippen molar-refractivity contribution >= 4 is 32.7 Å². The SMILES string of the molecule is O=C(Cn1cnc2ccc(Br)cc2c1=O)NC1CCCCCC1. The van der Waals surface area contributed by atoms with Gasteiger partial charge < -0.3 is 5.32 Å². The molecule has 5 nitrogen and oxygen atoms in total. The second-order valence-electron chi connectivity index (χ2n) is 6.10. The molecule has 1 heterocycles. The normalized spacial score (nSPS) is 16.2. The van der Waals surface area contributed by atoms with E-state index in [0.717, 1.165) is 30.2 Å². The van der Waals surface area contributed by atoms with Gasteiger partial charge in [-0.05, 0) is 31.0 Å². The molecule has 1 aromatic heterocycles. The summed E-state index contributed by atoms with van der Waals surface area (Å²) in [6.07, 6.45) is 8.33. The Morgan fingerprint density at radius 2 is 2.00 bits per heavy atom. The molecular weight excluding hydrogens is 358 g/mol. The second-order valence-corrected chi connectivity index (χ2v) is 7.01. The number of hydrogen-bond acceptors (Lipinski definition) is 3. The Morgan fingerprint density at radius 1 is 1.26 bits per heavy atom. The van der Waals surface area contributed by atoms with Crippen molar-refractivity contribution in [3.05, 3.63) is 39.4 Å². The number of hydrogen-bond donors (Lipinski definition) is 1. The Kier molecular flexibility index (Phi) is 5.10. The number of benzene rings is 1. The summed E-state index contributed by atoms with van der Waals surface area (Å²) in [6, 6.07) is 5.61. The fourth-order valence-corrected chi connectivity index (χ4v) is 3.46. The number of carbonyl (C=O) groups is 1. The summed E-state index contributed by atoms with van der Waals surface area (Å²) < 4.78 is 2.20. The molecule has 0 unspecified atom stereocenters. The Hall–Kier alpha value is -1.69. The molecule has 0 radical (unpaired) electrons. The maximum atomic E-state index is 12.5. The van der Waals surface area contributed by atoms with Crippen LogP contribution in [0, 0.1) is 0 Å². The van der Waals surface area contributed by atoms with Crippen molar-refractivity contribution in [2.24, 2.45) is 0 Å². The lowest BCUT2D eigenvalue weighted by Crippen LogP contribution is -2.38. The van der Waals surface area contributed by atoms with Crippen LogP contribution in [0.5, 0.6) is 0 Å². The quantitative estimate of drug-likeness (QED) is 0.836. The number of carbonyl (C=O) groups excluding carboxylic acids is 1. The van der Waals surface area contributed by atoms with Gasteiger partial charge in [0.25, 0.3) is 5.56 Å². The zero-order valence-electron chi connectivity index (χ0n) is 12.9. The summed E-state index contributed by atoms with van der Waals surface area (Å²) in [4.78, 5) is 29.0. The van der Waals surface area contributed by atoms with Gasteiger partial charge in [0.2, 0.25) is 5.91 Å². The molecule has 0 atom stereocenters. The summed E-state index contributed by atoms with van der Waals surface area (Å²) in [5, 5.41) is 3.58. The number of nitrogens with zero attached hydrogens (tertiary/aromatic N) is 2. The van der Waals surface area contributed by atoms with Gasteiger partial charge in [-0.2, -0.15) is 0 Å². The molecule has 0 aliphatic heterocycles. The zero-order valence-corrected chi connectivity index (χ0v) is 14.5. The summed E-state index contributed by atoms with van der Waals surface area (Å²) >= 11 is 3.36. The van der Waals surface area contributed by atoms with Gasteiger partial charge in [0.15, 0.2) is 0 Å². The van der Waals surface area contributed by atoms with Crippen molar-refractivity contribution < 1.29 is 4.79 Å². The average Bonchev–Trinajstić information content (AvgIpc) is 2.79. The highest BCUT2D eigenvalue weighted by atomic mass is 79.9. The lowest BCUT2D eigenvalue weighted by molar-refractivity contribution is -0.122. The molecule has 1 fully saturated rings. The van der Waals surface area contributed by atoms with Crippen molar-refractivity contribution in [1.29, 1.82) is 0 Å². The lowest BCUT2D eigenvalue weighted by Gasteiger charge is -2.16. The monoisotopic (exact) mass is 377 g/mol. The minimum Gasteiger partial charge on any atom is -0.352 e. The predicted molar refractivity (Wildman–Crippen MR) is 93.3 cm³/mol. The molecule has 1 amide bonds. The molecular formula is C17H20BrN3O2. The summed E-state index contributed by atoms with van der Waals surface area (Å²) in [6.45, 7) is 0.0186. The molecule has 2 aromatic rings. The van der Waals surface area contributed by atoms with E-state index >= 15 is 0 Å². The summed E-state index contributed by atoms with van der Waals surface area (Å²) in [7, 11) is 0. The topological polar surface area (TPSA) is 64.0 Å². The molecule has 6 heteroatoms. The van der Waals surface area contributed by atoms with Gasteiger partial charge in [-0.1, -0.05) is 41.6 Å². The van der Waals surface area contributed by atoms with Crippen molar-refractivity contribution in [3.63, 3.8) is 0 Å². The van der Waals surface area contributed by atoms with E-state index in [1.807, 2.05) is 6.07 Å². The molecule has 0 saturated heterocycles. The van der Waals surface area contributed by atoms with Crippen LogP contribution >= 0.6 is 15.9 Å². The van der Waals surface area contributed by atoms with Crippen LogP contribution in [-0.4, -0.2) is 21.5 Å². The van der Waals surface area contributed by atoms with E-state index in [9.17, 15) is 9.59 Å². The summed E-state index contributed by atoms with van der Waals surface area (Å²) in [5.74, 6) is -0.116. The fraction of sp³-hybridized carbons (Fsp3) is 0.471. The van der Waals surface area contributed by atoms with Gasteiger partial charge >= 0.3 is 0 Å². The van der Waals surface area contributed by atoms with Gasteiger partial charge in [-0.15, -0.1) is 0 Å². The first-order valence-corrected chi connectivity index (χ1v) is 8.87. The van der Waals surface area contributed by atoms with Crippen LogP contribution in [0.25, 0.3) is 10.9 Å². The molecule has 0 spiro atoms. The van der Waals surface area contributed by atoms with E-state index in [0.29, 0.717) is 10.9 Å². The Labute approximate surface area is 143 Å². The maximum absolute atomic E-state index is 12.5. The van der Waals surface area contributed by atoms with Crippen LogP contribution in [0.4, 0.5) is 0 Å². The van der Waals surface area contributed by atoms with Gasteiger partial charge in [-0.3, -0.25) is 14.2 Å².